The fourth-order valence-electron chi connectivity index (χ4n) is 1.86. The van der Waals surface area contributed by atoms with E-state index in [-0.39, 0.29) is 17.2 Å². The maximum atomic E-state index is 12.2. The molecular formula is C16H17N3O3S. The number of rotatable bonds is 5. The molecule has 0 aliphatic heterocycles. The van der Waals surface area contributed by atoms with Gasteiger partial charge in [0.2, 0.25) is 5.91 Å². The molecule has 1 unspecified atom stereocenters. The lowest BCUT2D eigenvalue weighted by Crippen LogP contribution is -2.23. The molecule has 1 aromatic carbocycles. The summed E-state index contributed by atoms with van der Waals surface area (Å²) in [7, 11) is 0. The lowest BCUT2D eigenvalue weighted by molar-refractivity contribution is -0.115. The van der Waals surface area contributed by atoms with E-state index in [4.69, 9.17) is 0 Å². The molecule has 0 fully saturated rings. The molecule has 0 bridgehead atoms. The minimum absolute atomic E-state index is 0.0266. The summed E-state index contributed by atoms with van der Waals surface area (Å²) >= 11 is 1.17. The molecule has 23 heavy (non-hydrogen) atoms. The predicted octanol–water partition coefficient (Wildman–Crippen LogP) is 2.40. The van der Waals surface area contributed by atoms with Gasteiger partial charge in [-0.1, -0.05) is 11.8 Å². The molecule has 2 aromatic rings. The Morgan fingerprint density at radius 1 is 1.26 bits per heavy atom. The number of amides is 1. The fourth-order valence-corrected chi connectivity index (χ4v) is 2.72. The number of aromatic amines is 1. The number of thioether (sulfide) groups is 1. The molecule has 1 aromatic heterocycles. The van der Waals surface area contributed by atoms with Crippen molar-refractivity contribution in [2.24, 2.45) is 0 Å². The number of Topliss-reactive ketones (excluding diaryl/α,β-unsaturated/α-hetero) is 1. The summed E-state index contributed by atoms with van der Waals surface area (Å²) in [5.41, 5.74) is 1.56. The highest BCUT2D eigenvalue weighted by Crippen LogP contribution is 2.20. The molecule has 2 rings (SSSR count). The summed E-state index contributed by atoms with van der Waals surface area (Å²) in [5.74, 6) is -0.240. The minimum Gasteiger partial charge on any atom is -0.325 e. The first-order valence-corrected chi connectivity index (χ1v) is 7.89. The van der Waals surface area contributed by atoms with Crippen molar-refractivity contribution in [3.8, 4) is 0 Å². The highest BCUT2D eigenvalue weighted by Gasteiger charge is 2.16. The normalized spacial score (nSPS) is 11.8. The molecular weight excluding hydrogens is 314 g/mol. The molecule has 2 N–H and O–H groups in total. The molecule has 7 heteroatoms. The van der Waals surface area contributed by atoms with E-state index < -0.39 is 5.25 Å². The van der Waals surface area contributed by atoms with E-state index >= 15 is 0 Å². The number of ketones is 1. The zero-order chi connectivity index (χ0) is 17.0. The Morgan fingerprint density at radius 3 is 2.48 bits per heavy atom. The fraction of sp³-hybridized carbons (Fsp3) is 0.250. The topological polar surface area (TPSA) is 91.9 Å². The zero-order valence-electron chi connectivity index (χ0n) is 13.0. The van der Waals surface area contributed by atoms with Crippen LogP contribution in [0, 0.1) is 6.92 Å². The van der Waals surface area contributed by atoms with Crippen molar-refractivity contribution in [2.75, 3.05) is 5.32 Å². The molecule has 0 saturated heterocycles. The number of aromatic nitrogens is 2. The summed E-state index contributed by atoms with van der Waals surface area (Å²) in [4.78, 5) is 41.6. The standard InChI is InChI=1S/C16H17N3O3S/c1-9-8-14(21)19-16(17-9)23-11(3)15(22)18-13-6-4-12(5-7-13)10(2)20/h4-8,11H,1-3H3,(H,18,22)(H,17,19,21). The van der Waals surface area contributed by atoms with Crippen molar-refractivity contribution in [2.45, 2.75) is 31.2 Å². The maximum Gasteiger partial charge on any atom is 0.251 e. The van der Waals surface area contributed by atoms with Crippen LogP contribution in [0.25, 0.3) is 0 Å². The van der Waals surface area contributed by atoms with Gasteiger partial charge >= 0.3 is 0 Å². The molecule has 1 atom stereocenters. The van der Waals surface area contributed by atoms with E-state index in [1.54, 1.807) is 38.1 Å². The number of carbonyl (C=O) groups is 2. The SMILES string of the molecule is CC(=O)c1ccc(NC(=O)C(C)Sc2nc(C)cc(=O)[nH]2)cc1. The number of nitrogens with one attached hydrogen (secondary N) is 2. The number of anilines is 1. The number of hydrogen-bond donors (Lipinski definition) is 2. The summed E-state index contributed by atoms with van der Waals surface area (Å²) in [5, 5.41) is 2.74. The average molecular weight is 331 g/mol. The Hall–Kier alpha value is -2.41. The van der Waals surface area contributed by atoms with Gasteiger partial charge in [-0.15, -0.1) is 0 Å². The van der Waals surface area contributed by atoms with Gasteiger partial charge in [0.15, 0.2) is 10.9 Å². The molecule has 0 aliphatic rings. The molecule has 0 aliphatic carbocycles. The van der Waals surface area contributed by atoms with Crippen LogP contribution in [0.4, 0.5) is 5.69 Å². The molecule has 1 heterocycles. The van der Waals surface area contributed by atoms with Crippen molar-refractivity contribution in [1.29, 1.82) is 0 Å². The number of H-pyrrole nitrogens is 1. The van der Waals surface area contributed by atoms with Gasteiger partial charge in [-0.3, -0.25) is 14.4 Å². The number of aryl methyl sites for hydroxylation is 1. The van der Waals surface area contributed by atoms with Gasteiger partial charge in [-0.2, -0.15) is 0 Å². The molecule has 6 nitrogen and oxygen atoms in total. The third kappa shape index (κ3) is 4.79. The van der Waals surface area contributed by atoms with Crippen LogP contribution < -0.4 is 10.9 Å². The van der Waals surface area contributed by atoms with Crippen LogP contribution in [0.1, 0.15) is 29.9 Å². The Morgan fingerprint density at radius 2 is 1.91 bits per heavy atom. The number of carbonyl (C=O) groups excluding carboxylic acids is 2. The summed E-state index contributed by atoms with van der Waals surface area (Å²) in [6.45, 7) is 4.94. The lowest BCUT2D eigenvalue weighted by Gasteiger charge is -2.11. The molecule has 120 valence electrons. The molecule has 1 amide bonds. The van der Waals surface area contributed by atoms with Crippen molar-refractivity contribution >= 4 is 29.1 Å². The van der Waals surface area contributed by atoms with Crippen LogP contribution in [-0.4, -0.2) is 26.9 Å². The van der Waals surface area contributed by atoms with E-state index in [9.17, 15) is 14.4 Å². The van der Waals surface area contributed by atoms with Crippen molar-refractivity contribution in [3.05, 3.63) is 51.9 Å². The van der Waals surface area contributed by atoms with Crippen molar-refractivity contribution in [1.82, 2.24) is 9.97 Å². The van der Waals surface area contributed by atoms with E-state index in [1.165, 1.54) is 24.8 Å². The third-order valence-electron chi connectivity index (χ3n) is 3.06. The van der Waals surface area contributed by atoms with E-state index in [1.807, 2.05) is 0 Å². The second-order valence-corrected chi connectivity index (χ2v) is 6.40. The zero-order valence-corrected chi connectivity index (χ0v) is 13.9. The summed E-state index contributed by atoms with van der Waals surface area (Å²) < 4.78 is 0. The third-order valence-corrected chi connectivity index (χ3v) is 4.05. The van der Waals surface area contributed by atoms with E-state index in [0.717, 1.165) is 0 Å². The molecule has 0 saturated carbocycles. The van der Waals surface area contributed by atoms with Gasteiger partial charge in [0.05, 0.1) is 5.25 Å². The Kier molecular flexibility index (Phi) is 5.33. The maximum absolute atomic E-state index is 12.2. The first-order chi connectivity index (χ1) is 10.8. The molecule has 0 spiro atoms. The minimum atomic E-state index is -0.438. The van der Waals surface area contributed by atoms with E-state index in [0.29, 0.717) is 22.1 Å². The van der Waals surface area contributed by atoms with Gasteiger partial charge in [0.1, 0.15) is 0 Å². The van der Waals surface area contributed by atoms with Gasteiger partial charge in [-0.05, 0) is 45.0 Å². The second-order valence-electron chi connectivity index (χ2n) is 5.07. The van der Waals surface area contributed by atoms with Gasteiger partial charge < -0.3 is 10.3 Å². The monoisotopic (exact) mass is 331 g/mol. The largest absolute Gasteiger partial charge is 0.325 e. The smallest absolute Gasteiger partial charge is 0.251 e. The highest BCUT2D eigenvalue weighted by atomic mass is 32.2. The Bertz CT molecular complexity index is 784. The average Bonchev–Trinajstić information content (AvgIpc) is 2.46. The van der Waals surface area contributed by atoms with Crippen LogP contribution >= 0.6 is 11.8 Å². The van der Waals surface area contributed by atoms with Gasteiger partial charge in [-0.25, -0.2) is 4.98 Å². The van der Waals surface area contributed by atoms with Crippen LogP contribution in [0.3, 0.4) is 0 Å². The first kappa shape index (κ1) is 17.0. The van der Waals surface area contributed by atoms with Crippen molar-refractivity contribution < 1.29 is 9.59 Å². The number of hydrogen-bond acceptors (Lipinski definition) is 5. The van der Waals surface area contributed by atoms with E-state index in [2.05, 4.69) is 15.3 Å². The summed E-state index contributed by atoms with van der Waals surface area (Å²) in [6, 6.07) is 8.08. The predicted molar refractivity (Wildman–Crippen MR) is 90.0 cm³/mol. The van der Waals surface area contributed by atoms with Gasteiger partial charge in [0.25, 0.3) is 5.56 Å². The number of nitrogens with zero attached hydrogens (tertiary/aromatic N) is 1. The Labute approximate surface area is 137 Å². The van der Waals surface area contributed by atoms with Crippen LogP contribution in [0.15, 0.2) is 40.3 Å². The quantitative estimate of drug-likeness (QED) is 0.499. The first-order valence-electron chi connectivity index (χ1n) is 7.01. The highest BCUT2D eigenvalue weighted by molar-refractivity contribution is 8.00. The van der Waals surface area contributed by atoms with Crippen LogP contribution in [0.2, 0.25) is 0 Å². The van der Waals surface area contributed by atoms with Crippen molar-refractivity contribution in [3.63, 3.8) is 0 Å². The number of benzene rings is 1. The van der Waals surface area contributed by atoms with Crippen LogP contribution in [-0.2, 0) is 4.79 Å². The second kappa shape index (κ2) is 7.23. The molecule has 0 radical (unpaired) electrons. The lowest BCUT2D eigenvalue weighted by atomic mass is 10.1. The Balaban J connectivity index is 2.02. The summed E-state index contributed by atoms with van der Waals surface area (Å²) in [6.07, 6.45) is 0. The van der Waals surface area contributed by atoms with Gasteiger partial charge in [0, 0.05) is 23.0 Å². The van der Waals surface area contributed by atoms with Crippen LogP contribution in [0.5, 0.6) is 0 Å².